The molecule has 0 aromatic heterocycles. The largest absolute Gasteiger partial charge is 0.372 e. The first-order valence-corrected chi connectivity index (χ1v) is 7.17. The van der Waals surface area contributed by atoms with E-state index in [-0.39, 0.29) is 0 Å². The maximum Gasteiger partial charge on any atom is 0.222 e. The Morgan fingerprint density at radius 2 is 1.84 bits per heavy atom. The number of hydrogen-bond donors (Lipinski definition) is 0. The van der Waals surface area contributed by atoms with Crippen LogP contribution in [0.25, 0.3) is 0 Å². The zero-order valence-corrected chi connectivity index (χ0v) is 11.7. The number of likely N-dealkylation sites (tertiary alicyclic amines) is 1. The van der Waals surface area contributed by atoms with Gasteiger partial charge in [-0.2, -0.15) is 0 Å². The lowest BCUT2D eigenvalue weighted by molar-refractivity contribution is -0.134. The van der Waals surface area contributed by atoms with Gasteiger partial charge in [-0.3, -0.25) is 4.79 Å². The maximum atomic E-state index is 11.8. The molecule has 0 spiro atoms. The van der Waals surface area contributed by atoms with Crippen molar-refractivity contribution in [1.29, 1.82) is 0 Å². The third-order valence-corrected chi connectivity index (χ3v) is 4.90. The molecule has 1 heterocycles. The number of hydrogen-bond acceptors (Lipinski definition) is 2. The van der Waals surface area contributed by atoms with Gasteiger partial charge in [0.1, 0.15) is 0 Å². The van der Waals surface area contributed by atoms with Gasteiger partial charge in [-0.25, -0.2) is 0 Å². The molecule has 3 rings (SSSR count). The van der Waals surface area contributed by atoms with Gasteiger partial charge in [0.05, 0.1) is 0 Å². The number of carbonyl (C=O) groups excluding carboxylic acids is 1. The Morgan fingerprint density at radius 3 is 2.58 bits per heavy atom. The highest BCUT2D eigenvalue weighted by Gasteiger charge is 2.41. The highest BCUT2D eigenvalue weighted by Crippen LogP contribution is 2.40. The first-order chi connectivity index (χ1) is 9.15. The van der Waals surface area contributed by atoms with Gasteiger partial charge in [0.25, 0.3) is 0 Å². The zero-order chi connectivity index (χ0) is 13.4. The first-order valence-electron chi connectivity index (χ1n) is 7.17. The van der Waals surface area contributed by atoms with Gasteiger partial charge in [-0.15, -0.1) is 0 Å². The van der Waals surface area contributed by atoms with Crippen molar-refractivity contribution >= 4 is 11.6 Å². The standard InChI is InChI=1S/C16H22N2O/c1-17-11-13-9-15(8-12(13)10-16(17)19)18(2)14-6-4-3-5-7-14/h3-7,12-13,15H,8-11H2,1-2H3/t12-,13+,15?/m0/s1. The van der Waals surface area contributed by atoms with Crippen molar-refractivity contribution in [2.24, 2.45) is 11.8 Å². The molecule has 1 saturated carbocycles. The Bertz CT molecular complexity index is 459. The van der Waals surface area contributed by atoms with Crippen molar-refractivity contribution in [3.63, 3.8) is 0 Å². The summed E-state index contributed by atoms with van der Waals surface area (Å²) in [4.78, 5) is 16.1. The van der Waals surface area contributed by atoms with Crippen LogP contribution in [-0.2, 0) is 4.79 Å². The highest BCUT2D eigenvalue weighted by molar-refractivity contribution is 5.77. The van der Waals surface area contributed by atoms with E-state index in [1.54, 1.807) is 0 Å². The Labute approximate surface area is 115 Å². The molecule has 1 amide bonds. The summed E-state index contributed by atoms with van der Waals surface area (Å²) >= 11 is 0. The van der Waals surface area contributed by atoms with E-state index in [9.17, 15) is 4.79 Å². The maximum absolute atomic E-state index is 11.8. The normalized spacial score (nSPS) is 30.3. The van der Waals surface area contributed by atoms with E-state index in [1.165, 1.54) is 12.1 Å². The summed E-state index contributed by atoms with van der Waals surface area (Å²) in [5.74, 6) is 1.61. The summed E-state index contributed by atoms with van der Waals surface area (Å²) in [7, 11) is 4.12. The molecule has 0 N–H and O–H groups in total. The molecule has 1 aliphatic carbocycles. The van der Waals surface area contributed by atoms with Crippen molar-refractivity contribution in [3.8, 4) is 0 Å². The second kappa shape index (κ2) is 4.87. The summed E-state index contributed by atoms with van der Waals surface area (Å²) in [6.07, 6.45) is 3.13. The molecule has 2 aliphatic rings. The number of rotatable bonds is 2. The minimum Gasteiger partial charge on any atom is -0.372 e. The number of amides is 1. The summed E-state index contributed by atoms with van der Waals surface area (Å²) in [5.41, 5.74) is 1.28. The molecule has 0 radical (unpaired) electrons. The SMILES string of the molecule is CN1C[C@H]2CC(N(C)c3ccccc3)C[C@H]2CC1=O. The first kappa shape index (κ1) is 12.5. The van der Waals surface area contributed by atoms with Gasteiger partial charge < -0.3 is 9.80 Å². The second-order valence-electron chi connectivity index (χ2n) is 6.07. The van der Waals surface area contributed by atoms with Gasteiger partial charge in [-0.05, 0) is 36.8 Å². The third-order valence-electron chi connectivity index (χ3n) is 4.90. The van der Waals surface area contributed by atoms with Crippen molar-refractivity contribution in [3.05, 3.63) is 30.3 Å². The Balaban J connectivity index is 1.70. The van der Waals surface area contributed by atoms with Gasteiger partial charge in [0.2, 0.25) is 5.91 Å². The number of fused-ring (bicyclic) bond motifs is 1. The fraction of sp³-hybridized carbons (Fsp3) is 0.562. The molecule has 102 valence electrons. The van der Waals surface area contributed by atoms with Crippen LogP contribution in [0.1, 0.15) is 19.3 Å². The molecule has 3 nitrogen and oxygen atoms in total. The van der Waals surface area contributed by atoms with Crippen molar-refractivity contribution in [2.45, 2.75) is 25.3 Å². The smallest absolute Gasteiger partial charge is 0.222 e. The topological polar surface area (TPSA) is 23.6 Å². The summed E-state index contributed by atoms with van der Waals surface area (Å²) in [5, 5.41) is 0. The van der Waals surface area contributed by atoms with E-state index >= 15 is 0 Å². The van der Waals surface area contributed by atoms with Gasteiger partial charge in [0.15, 0.2) is 0 Å². The Kier molecular flexibility index (Phi) is 3.21. The number of carbonyl (C=O) groups is 1. The third kappa shape index (κ3) is 2.34. The number of nitrogens with zero attached hydrogens (tertiary/aromatic N) is 2. The molecule has 19 heavy (non-hydrogen) atoms. The Morgan fingerprint density at radius 1 is 1.16 bits per heavy atom. The van der Waals surface area contributed by atoms with Crippen LogP contribution in [-0.4, -0.2) is 37.5 Å². The van der Waals surface area contributed by atoms with E-state index < -0.39 is 0 Å². The van der Waals surface area contributed by atoms with E-state index in [0.717, 1.165) is 19.4 Å². The van der Waals surface area contributed by atoms with Crippen molar-refractivity contribution < 1.29 is 4.79 Å². The van der Waals surface area contributed by atoms with Crippen LogP contribution < -0.4 is 4.90 Å². The van der Waals surface area contributed by atoms with Crippen LogP contribution in [0.3, 0.4) is 0 Å². The quantitative estimate of drug-likeness (QED) is 0.813. The number of para-hydroxylation sites is 1. The minimum absolute atomic E-state index is 0.323. The monoisotopic (exact) mass is 258 g/mol. The molecule has 1 unspecified atom stereocenters. The molecule has 3 atom stereocenters. The number of piperidine rings is 1. The van der Waals surface area contributed by atoms with Crippen LogP contribution in [0.2, 0.25) is 0 Å². The van der Waals surface area contributed by atoms with Crippen LogP contribution in [0, 0.1) is 11.8 Å². The van der Waals surface area contributed by atoms with Crippen molar-refractivity contribution in [2.75, 3.05) is 25.5 Å². The molecule has 1 aromatic carbocycles. The van der Waals surface area contributed by atoms with Gasteiger partial charge in [-0.1, -0.05) is 18.2 Å². The summed E-state index contributed by atoms with van der Waals surface area (Å²) in [6, 6.07) is 11.1. The molecular formula is C16H22N2O. The number of anilines is 1. The molecule has 1 aliphatic heterocycles. The molecule has 3 heteroatoms. The molecule has 2 fully saturated rings. The average molecular weight is 258 g/mol. The lowest BCUT2D eigenvalue weighted by Gasteiger charge is -2.31. The van der Waals surface area contributed by atoms with E-state index in [2.05, 4.69) is 42.3 Å². The molecule has 1 saturated heterocycles. The average Bonchev–Trinajstić information content (AvgIpc) is 2.82. The van der Waals surface area contributed by atoms with Gasteiger partial charge in [0, 0.05) is 38.8 Å². The van der Waals surface area contributed by atoms with Crippen LogP contribution in [0.5, 0.6) is 0 Å². The van der Waals surface area contributed by atoms with Crippen LogP contribution in [0.15, 0.2) is 30.3 Å². The fourth-order valence-electron chi connectivity index (χ4n) is 3.68. The van der Waals surface area contributed by atoms with Crippen LogP contribution in [0.4, 0.5) is 5.69 Å². The Hall–Kier alpha value is -1.51. The molecule has 0 bridgehead atoms. The van der Waals surface area contributed by atoms with E-state index in [4.69, 9.17) is 0 Å². The van der Waals surface area contributed by atoms with Crippen molar-refractivity contribution in [1.82, 2.24) is 4.90 Å². The lowest BCUT2D eigenvalue weighted by atomic mass is 9.88. The minimum atomic E-state index is 0.323. The second-order valence-corrected chi connectivity index (χ2v) is 6.07. The zero-order valence-electron chi connectivity index (χ0n) is 11.7. The lowest BCUT2D eigenvalue weighted by Crippen LogP contribution is -2.39. The molecular weight excluding hydrogens is 236 g/mol. The molecule has 1 aromatic rings. The summed E-state index contributed by atoms with van der Waals surface area (Å²) < 4.78 is 0. The van der Waals surface area contributed by atoms with E-state index in [1.807, 2.05) is 11.9 Å². The highest BCUT2D eigenvalue weighted by atomic mass is 16.2. The van der Waals surface area contributed by atoms with E-state index in [0.29, 0.717) is 23.8 Å². The number of benzene rings is 1. The van der Waals surface area contributed by atoms with Crippen LogP contribution >= 0.6 is 0 Å². The van der Waals surface area contributed by atoms with Gasteiger partial charge >= 0.3 is 0 Å². The predicted molar refractivity (Wildman–Crippen MR) is 77.1 cm³/mol. The predicted octanol–water partition coefficient (Wildman–Crippen LogP) is 2.38. The fourth-order valence-corrected chi connectivity index (χ4v) is 3.68. The summed E-state index contributed by atoms with van der Waals surface area (Å²) in [6.45, 7) is 0.947.